The van der Waals surface area contributed by atoms with Gasteiger partial charge in [-0.3, -0.25) is 4.79 Å². The van der Waals surface area contributed by atoms with Gasteiger partial charge in [-0.05, 0) is 24.3 Å². The average molecular weight is 269 g/mol. The number of aromatic hydroxyl groups is 3. The van der Waals surface area contributed by atoms with Crippen LogP contribution in [0.2, 0.25) is 0 Å². The van der Waals surface area contributed by atoms with Crippen LogP contribution in [0, 0.1) is 0 Å². The van der Waals surface area contributed by atoms with Crippen molar-refractivity contribution in [3.63, 3.8) is 0 Å². The molecular formula is C15H11NO4. The number of phenols is 3. The number of H-pyrrole nitrogens is 1. The second kappa shape index (κ2) is 4.31. The number of rotatable bonds is 2. The zero-order valence-corrected chi connectivity index (χ0v) is 10.3. The van der Waals surface area contributed by atoms with E-state index in [-0.39, 0.29) is 28.4 Å². The second-order valence-electron chi connectivity index (χ2n) is 4.43. The van der Waals surface area contributed by atoms with Gasteiger partial charge in [0.05, 0.1) is 16.5 Å². The van der Waals surface area contributed by atoms with E-state index >= 15 is 0 Å². The monoisotopic (exact) mass is 269 g/mol. The Balaban J connectivity index is 2.18. The third-order valence-electron chi connectivity index (χ3n) is 3.15. The third-order valence-corrected chi connectivity index (χ3v) is 3.15. The molecule has 0 fully saturated rings. The summed E-state index contributed by atoms with van der Waals surface area (Å²) in [5.74, 6) is -0.874. The number of phenolic OH excluding ortho intramolecular Hbond substituents is 3. The molecule has 0 bridgehead atoms. The van der Waals surface area contributed by atoms with E-state index in [0.717, 1.165) is 6.07 Å². The summed E-state index contributed by atoms with van der Waals surface area (Å²) in [6.07, 6.45) is 1.49. The molecule has 3 aromatic rings. The molecule has 2 aromatic carbocycles. The lowest BCUT2D eigenvalue weighted by Gasteiger charge is -2.04. The Morgan fingerprint density at radius 1 is 0.950 bits per heavy atom. The number of aromatic nitrogens is 1. The first-order chi connectivity index (χ1) is 9.58. The second-order valence-corrected chi connectivity index (χ2v) is 4.43. The topological polar surface area (TPSA) is 93.5 Å². The quantitative estimate of drug-likeness (QED) is 0.538. The van der Waals surface area contributed by atoms with Crippen molar-refractivity contribution < 1.29 is 20.1 Å². The van der Waals surface area contributed by atoms with Crippen molar-refractivity contribution in [3.05, 3.63) is 53.7 Å². The summed E-state index contributed by atoms with van der Waals surface area (Å²) in [7, 11) is 0. The predicted molar refractivity (Wildman–Crippen MR) is 73.2 cm³/mol. The van der Waals surface area contributed by atoms with Crippen LogP contribution in [-0.4, -0.2) is 26.1 Å². The van der Waals surface area contributed by atoms with E-state index < -0.39 is 5.78 Å². The summed E-state index contributed by atoms with van der Waals surface area (Å²) < 4.78 is 0. The Hall–Kier alpha value is -2.95. The fourth-order valence-corrected chi connectivity index (χ4v) is 2.20. The molecule has 1 aromatic heterocycles. The molecule has 0 aliphatic carbocycles. The van der Waals surface area contributed by atoms with Crippen molar-refractivity contribution in [1.29, 1.82) is 0 Å². The molecule has 0 radical (unpaired) electrons. The summed E-state index contributed by atoms with van der Waals surface area (Å²) in [5, 5.41) is 29.3. The fraction of sp³-hybridized carbons (Fsp3) is 0. The molecule has 0 amide bonds. The molecule has 4 N–H and O–H groups in total. The third kappa shape index (κ3) is 1.76. The number of benzene rings is 2. The first-order valence-corrected chi connectivity index (χ1v) is 5.93. The lowest BCUT2D eigenvalue weighted by Crippen LogP contribution is -2.00. The van der Waals surface area contributed by atoms with Gasteiger partial charge in [-0.1, -0.05) is 6.07 Å². The number of hydrogen-bond acceptors (Lipinski definition) is 4. The first kappa shape index (κ1) is 12.1. The highest BCUT2D eigenvalue weighted by Gasteiger charge is 2.19. The van der Waals surface area contributed by atoms with E-state index in [1.54, 1.807) is 12.1 Å². The number of aromatic amines is 1. The van der Waals surface area contributed by atoms with Gasteiger partial charge < -0.3 is 20.3 Å². The molecule has 3 rings (SSSR count). The molecule has 5 heteroatoms. The minimum Gasteiger partial charge on any atom is -0.508 e. The van der Waals surface area contributed by atoms with Crippen LogP contribution in [0.15, 0.2) is 42.6 Å². The number of carbonyl (C=O) groups excluding carboxylic acids is 1. The fourth-order valence-electron chi connectivity index (χ4n) is 2.20. The summed E-state index contributed by atoms with van der Waals surface area (Å²) >= 11 is 0. The Bertz CT molecular complexity index is 820. The smallest absolute Gasteiger partial charge is 0.199 e. The van der Waals surface area contributed by atoms with Crippen molar-refractivity contribution in [2.24, 2.45) is 0 Å². The lowest BCUT2D eigenvalue weighted by molar-refractivity contribution is 0.103. The summed E-state index contributed by atoms with van der Waals surface area (Å²) in [6.45, 7) is 0. The number of nitrogens with one attached hydrogen (secondary N) is 1. The van der Waals surface area contributed by atoms with Crippen LogP contribution >= 0.6 is 0 Å². The van der Waals surface area contributed by atoms with Crippen LogP contribution in [0.5, 0.6) is 17.2 Å². The molecule has 0 saturated carbocycles. The average Bonchev–Trinajstić information content (AvgIpc) is 2.83. The van der Waals surface area contributed by atoms with Gasteiger partial charge in [0.25, 0.3) is 0 Å². The molecule has 0 spiro atoms. The maximum Gasteiger partial charge on any atom is 0.199 e. The maximum atomic E-state index is 12.4. The van der Waals surface area contributed by atoms with Gasteiger partial charge in [-0.15, -0.1) is 0 Å². The van der Waals surface area contributed by atoms with Gasteiger partial charge in [0.2, 0.25) is 0 Å². The van der Waals surface area contributed by atoms with Crippen molar-refractivity contribution >= 4 is 16.7 Å². The molecule has 100 valence electrons. The summed E-state index contributed by atoms with van der Waals surface area (Å²) in [4.78, 5) is 15.3. The van der Waals surface area contributed by atoms with E-state index in [1.165, 1.54) is 24.4 Å². The van der Waals surface area contributed by atoms with Gasteiger partial charge in [-0.2, -0.15) is 0 Å². The molecule has 1 heterocycles. The SMILES string of the molecule is O=C(c1ccc(O)cc1O)c1c[nH]c2cccc(O)c12. The highest BCUT2D eigenvalue weighted by atomic mass is 16.3. The number of fused-ring (bicyclic) bond motifs is 1. The van der Waals surface area contributed by atoms with Crippen LogP contribution in [0.3, 0.4) is 0 Å². The number of carbonyl (C=O) groups is 1. The molecule has 5 nitrogen and oxygen atoms in total. The Morgan fingerprint density at radius 3 is 2.50 bits per heavy atom. The van der Waals surface area contributed by atoms with Crippen molar-refractivity contribution in [2.45, 2.75) is 0 Å². The lowest BCUT2D eigenvalue weighted by atomic mass is 10.0. The van der Waals surface area contributed by atoms with Crippen LogP contribution in [0.25, 0.3) is 10.9 Å². The summed E-state index contributed by atoms with van der Waals surface area (Å²) in [5.41, 5.74) is 0.956. The van der Waals surface area contributed by atoms with E-state index in [1.807, 2.05) is 0 Å². The van der Waals surface area contributed by atoms with Crippen LogP contribution in [-0.2, 0) is 0 Å². The zero-order valence-electron chi connectivity index (χ0n) is 10.3. The largest absolute Gasteiger partial charge is 0.508 e. The minimum absolute atomic E-state index is 0.00892. The Kier molecular flexibility index (Phi) is 2.61. The van der Waals surface area contributed by atoms with Crippen LogP contribution in [0.4, 0.5) is 0 Å². The maximum absolute atomic E-state index is 12.4. The first-order valence-electron chi connectivity index (χ1n) is 5.93. The van der Waals surface area contributed by atoms with E-state index in [0.29, 0.717) is 10.9 Å². The van der Waals surface area contributed by atoms with Crippen LogP contribution < -0.4 is 0 Å². The highest BCUT2D eigenvalue weighted by molar-refractivity contribution is 6.18. The van der Waals surface area contributed by atoms with Gasteiger partial charge in [0.1, 0.15) is 17.2 Å². The Morgan fingerprint density at radius 2 is 1.75 bits per heavy atom. The highest BCUT2D eigenvalue weighted by Crippen LogP contribution is 2.31. The molecule has 0 saturated heterocycles. The predicted octanol–water partition coefficient (Wildman–Crippen LogP) is 2.52. The summed E-state index contributed by atoms with van der Waals surface area (Å²) in [6, 6.07) is 8.65. The normalized spacial score (nSPS) is 10.8. The minimum atomic E-state index is -0.435. The van der Waals surface area contributed by atoms with Crippen LogP contribution in [0.1, 0.15) is 15.9 Å². The van der Waals surface area contributed by atoms with E-state index in [9.17, 15) is 20.1 Å². The number of ketones is 1. The van der Waals surface area contributed by atoms with Crippen molar-refractivity contribution in [1.82, 2.24) is 4.98 Å². The molecular weight excluding hydrogens is 258 g/mol. The molecule has 0 atom stereocenters. The molecule has 20 heavy (non-hydrogen) atoms. The van der Waals surface area contributed by atoms with Gasteiger partial charge in [-0.25, -0.2) is 0 Å². The molecule has 0 aliphatic heterocycles. The van der Waals surface area contributed by atoms with Crippen molar-refractivity contribution in [2.75, 3.05) is 0 Å². The van der Waals surface area contributed by atoms with E-state index in [4.69, 9.17) is 0 Å². The number of hydrogen-bond donors (Lipinski definition) is 4. The van der Waals surface area contributed by atoms with Gasteiger partial charge in [0, 0.05) is 17.8 Å². The Labute approximate surface area is 113 Å². The standard InChI is InChI=1S/C15H11NO4/c17-8-4-5-9(13(19)6-8)15(20)10-7-16-11-2-1-3-12(18)14(10)11/h1-7,16-19H. The van der Waals surface area contributed by atoms with Gasteiger partial charge >= 0.3 is 0 Å². The van der Waals surface area contributed by atoms with E-state index in [2.05, 4.69) is 4.98 Å². The zero-order chi connectivity index (χ0) is 14.3. The van der Waals surface area contributed by atoms with Crippen molar-refractivity contribution in [3.8, 4) is 17.2 Å². The molecule has 0 aliphatic rings. The van der Waals surface area contributed by atoms with Gasteiger partial charge in [0.15, 0.2) is 5.78 Å². The molecule has 0 unspecified atom stereocenters.